The first-order chi connectivity index (χ1) is 17.3. The molecule has 0 aliphatic rings. The SMILES string of the molecule is N/C(=C\N(N)[C@@H](Cc1c[nH]c2ccccc12)C(=O)NO)CNS(=O)(=O)c1ccc(-c2ccccc2)s1. The van der Waals surface area contributed by atoms with Crippen LogP contribution in [0.5, 0.6) is 0 Å². The molecule has 2 heterocycles. The molecule has 0 radical (unpaired) electrons. The zero-order valence-electron chi connectivity index (χ0n) is 19.1. The summed E-state index contributed by atoms with van der Waals surface area (Å²) < 4.78 is 28.1. The number of rotatable bonds is 10. The van der Waals surface area contributed by atoms with Crippen LogP contribution in [0, 0.1) is 0 Å². The molecule has 0 spiro atoms. The summed E-state index contributed by atoms with van der Waals surface area (Å²) in [6.45, 7) is -0.227. The first kappa shape index (κ1) is 25.4. The molecule has 0 saturated carbocycles. The third-order valence-corrected chi connectivity index (χ3v) is 8.57. The Morgan fingerprint density at radius 3 is 2.58 bits per heavy atom. The van der Waals surface area contributed by atoms with Crippen LogP contribution >= 0.6 is 11.3 Å². The molecule has 0 saturated heterocycles. The number of benzene rings is 2. The van der Waals surface area contributed by atoms with Crippen LogP contribution in [0.3, 0.4) is 0 Å². The van der Waals surface area contributed by atoms with Crippen molar-refractivity contribution in [2.24, 2.45) is 11.6 Å². The van der Waals surface area contributed by atoms with E-state index in [1.54, 1.807) is 17.7 Å². The van der Waals surface area contributed by atoms with E-state index in [1.807, 2.05) is 54.6 Å². The van der Waals surface area contributed by atoms with Gasteiger partial charge in [-0.3, -0.25) is 10.0 Å². The lowest BCUT2D eigenvalue weighted by molar-refractivity contribution is -0.134. The molecule has 0 unspecified atom stereocenters. The molecular formula is C24H26N6O4S2. The maximum atomic E-state index is 12.8. The van der Waals surface area contributed by atoms with E-state index in [1.165, 1.54) is 12.3 Å². The van der Waals surface area contributed by atoms with Crippen LogP contribution in [0.4, 0.5) is 0 Å². The second-order valence-corrected chi connectivity index (χ2v) is 11.1. The normalized spacial score (nSPS) is 13.0. The lowest BCUT2D eigenvalue weighted by Gasteiger charge is -2.25. The third-order valence-electron chi connectivity index (χ3n) is 5.55. The first-order valence-corrected chi connectivity index (χ1v) is 13.2. The third kappa shape index (κ3) is 5.75. The summed E-state index contributed by atoms with van der Waals surface area (Å²) in [4.78, 5) is 16.3. The van der Waals surface area contributed by atoms with Gasteiger partial charge in [0, 0.05) is 40.3 Å². The van der Waals surface area contributed by atoms with Gasteiger partial charge in [-0.2, -0.15) is 0 Å². The van der Waals surface area contributed by atoms with Crippen molar-refractivity contribution in [1.82, 2.24) is 20.2 Å². The highest BCUT2D eigenvalue weighted by Crippen LogP contribution is 2.30. The molecule has 2 aromatic carbocycles. The van der Waals surface area contributed by atoms with E-state index < -0.39 is 22.0 Å². The van der Waals surface area contributed by atoms with Crippen LogP contribution in [0.25, 0.3) is 21.3 Å². The lowest BCUT2D eigenvalue weighted by atomic mass is 10.0. The minimum Gasteiger partial charge on any atom is -0.400 e. The fourth-order valence-corrected chi connectivity index (χ4v) is 6.09. The molecule has 2 aromatic heterocycles. The van der Waals surface area contributed by atoms with E-state index in [0.717, 1.165) is 43.3 Å². The monoisotopic (exact) mass is 526 g/mol. The molecule has 10 nitrogen and oxygen atoms in total. The number of para-hydroxylation sites is 1. The number of aromatic amines is 1. The van der Waals surface area contributed by atoms with Gasteiger partial charge in [-0.15, -0.1) is 11.3 Å². The number of carbonyl (C=O) groups excluding carboxylic acids is 1. The maximum absolute atomic E-state index is 12.8. The number of hydrogen-bond acceptors (Lipinski definition) is 8. The number of nitrogens with one attached hydrogen (secondary N) is 3. The Labute approximate surface area is 212 Å². The van der Waals surface area contributed by atoms with Gasteiger partial charge < -0.3 is 15.7 Å². The number of aromatic nitrogens is 1. The number of nitrogens with two attached hydrogens (primary N) is 2. The average Bonchev–Trinajstić information content (AvgIpc) is 3.54. The van der Waals surface area contributed by atoms with Gasteiger partial charge in [0.15, 0.2) is 0 Å². The number of thiophene rings is 1. The summed E-state index contributed by atoms with van der Waals surface area (Å²) in [7, 11) is -3.82. The Hall–Kier alpha value is -3.68. The standard InChI is InChI=1S/C24H26N6O4S2/c25-18(14-28-36(33,34)23-11-10-22(35-23)16-6-2-1-3-7-16)15-30(26)21(24(31)29-32)12-17-13-27-20-9-5-4-8-19(17)20/h1-11,13,15,21,27-28,32H,12,14,25-26H2,(H,29,31)/b18-15-/t21-/m0/s1. The Balaban J connectivity index is 1.44. The van der Waals surface area contributed by atoms with Gasteiger partial charge in [0.2, 0.25) is 10.0 Å². The highest BCUT2D eigenvalue weighted by Gasteiger charge is 2.24. The van der Waals surface area contributed by atoms with E-state index in [0.29, 0.717) is 0 Å². The smallest absolute Gasteiger partial charge is 0.267 e. The van der Waals surface area contributed by atoms with Crippen LogP contribution < -0.4 is 21.8 Å². The van der Waals surface area contributed by atoms with Crippen LogP contribution in [0.15, 0.2) is 89.0 Å². The Morgan fingerprint density at radius 1 is 1.11 bits per heavy atom. The Morgan fingerprint density at radius 2 is 1.83 bits per heavy atom. The molecule has 1 atom stereocenters. The van der Waals surface area contributed by atoms with Crippen molar-refractivity contribution in [1.29, 1.82) is 0 Å². The van der Waals surface area contributed by atoms with Crippen LogP contribution in [0.1, 0.15) is 5.56 Å². The van der Waals surface area contributed by atoms with Gasteiger partial charge in [0.1, 0.15) is 10.3 Å². The van der Waals surface area contributed by atoms with E-state index in [9.17, 15) is 18.4 Å². The molecule has 1 amide bonds. The maximum Gasteiger partial charge on any atom is 0.267 e. The number of carbonyl (C=O) groups is 1. The van der Waals surface area contributed by atoms with E-state index in [2.05, 4.69) is 9.71 Å². The topological polar surface area (TPSA) is 167 Å². The Kier molecular flexibility index (Phi) is 7.72. The fraction of sp³-hybridized carbons (Fsp3) is 0.125. The zero-order valence-corrected chi connectivity index (χ0v) is 20.7. The summed E-state index contributed by atoms with van der Waals surface area (Å²) in [5.74, 6) is 5.36. The van der Waals surface area contributed by atoms with Crippen molar-refractivity contribution < 1.29 is 18.4 Å². The number of sulfonamides is 1. The number of amides is 1. The molecule has 0 aliphatic heterocycles. The number of hydroxylamine groups is 1. The molecule has 0 fully saturated rings. The fourth-order valence-electron chi connectivity index (χ4n) is 3.72. The number of hydrogen-bond donors (Lipinski definition) is 6. The molecule has 188 valence electrons. The van der Waals surface area contributed by atoms with Gasteiger partial charge >= 0.3 is 0 Å². The molecule has 0 aliphatic carbocycles. The van der Waals surface area contributed by atoms with Gasteiger partial charge in [0.05, 0.1) is 6.54 Å². The highest BCUT2D eigenvalue weighted by atomic mass is 32.2. The quantitative estimate of drug-likeness (QED) is 0.105. The largest absolute Gasteiger partial charge is 0.400 e. The van der Waals surface area contributed by atoms with Crippen LogP contribution in [0.2, 0.25) is 0 Å². The number of fused-ring (bicyclic) bond motifs is 1. The van der Waals surface area contributed by atoms with Crippen LogP contribution in [-0.2, 0) is 21.2 Å². The first-order valence-electron chi connectivity index (χ1n) is 10.9. The van der Waals surface area contributed by atoms with Crippen molar-refractivity contribution in [3.05, 3.63) is 90.4 Å². The minimum absolute atomic E-state index is 0.0792. The second kappa shape index (κ2) is 10.9. The Bertz CT molecular complexity index is 1480. The lowest BCUT2D eigenvalue weighted by Crippen LogP contribution is -2.49. The molecule has 4 aromatic rings. The summed E-state index contributed by atoms with van der Waals surface area (Å²) in [5.41, 5.74) is 10.3. The minimum atomic E-state index is -3.82. The molecule has 8 N–H and O–H groups in total. The van der Waals surface area contributed by atoms with Gasteiger partial charge in [0.25, 0.3) is 5.91 Å². The van der Waals surface area contributed by atoms with E-state index >= 15 is 0 Å². The average molecular weight is 527 g/mol. The van der Waals surface area contributed by atoms with E-state index in [4.69, 9.17) is 11.6 Å². The van der Waals surface area contributed by atoms with Crippen molar-refractivity contribution in [3.8, 4) is 10.4 Å². The van der Waals surface area contributed by atoms with Gasteiger partial charge in [-0.1, -0.05) is 48.5 Å². The number of hydrazine groups is 1. The van der Waals surface area contributed by atoms with Crippen molar-refractivity contribution in [3.63, 3.8) is 0 Å². The summed E-state index contributed by atoms with van der Waals surface area (Å²) in [6, 6.07) is 19.3. The molecule has 4 rings (SSSR count). The predicted octanol–water partition coefficient (Wildman–Crippen LogP) is 2.27. The van der Waals surface area contributed by atoms with Crippen molar-refractivity contribution in [2.75, 3.05) is 6.54 Å². The summed E-state index contributed by atoms with van der Waals surface area (Å²) in [6.07, 6.45) is 3.20. The summed E-state index contributed by atoms with van der Waals surface area (Å²) >= 11 is 1.14. The molecule has 36 heavy (non-hydrogen) atoms. The zero-order chi connectivity index (χ0) is 25.7. The molecule has 0 bridgehead atoms. The molecule has 12 heteroatoms. The second-order valence-electron chi connectivity index (χ2n) is 8.02. The van der Waals surface area contributed by atoms with Crippen molar-refractivity contribution >= 4 is 38.2 Å². The number of H-pyrrole nitrogens is 1. The highest BCUT2D eigenvalue weighted by molar-refractivity contribution is 7.91. The predicted molar refractivity (Wildman–Crippen MR) is 139 cm³/mol. The number of nitrogens with zero attached hydrogens (tertiary/aromatic N) is 1. The summed E-state index contributed by atoms with van der Waals surface area (Å²) in [5, 5.41) is 11.2. The van der Waals surface area contributed by atoms with E-state index in [-0.39, 0.29) is 22.9 Å². The van der Waals surface area contributed by atoms with Gasteiger partial charge in [-0.25, -0.2) is 24.5 Å². The van der Waals surface area contributed by atoms with Crippen molar-refractivity contribution in [2.45, 2.75) is 16.7 Å². The van der Waals surface area contributed by atoms with Gasteiger partial charge in [-0.05, 0) is 29.3 Å². The van der Waals surface area contributed by atoms with Crippen LogP contribution in [-0.4, -0.2) is 42.1 Å². The molecular weight excluding hydrogens is 500 g/mol.